The minimum Gasteiger partial charge on any atom is -0.450 e. The van der Waals surface area contributed by atoms with Gasteiger partial charge in [0.25, 0.3) is 0 Å². The number of anilines is 1. The zero-order chi connectivity index (χ0) is 16.4. The van der Waals surface area contributed by atoms with Crippen molar-refractivity contribution in [2.45, 2.75) is 6.92 Å². The number of para-hydroxylation sites is 1. The molecule has 4 nitrogen and oxygen atoms in total. The monoisotopic (exact) mass is 327 g/mol. The number of carbonyl (C=O) groups is 2. The molecule has 1 aromatic heterocycles. The summed E-state index contributed by atoms with van der Waals surface area (Å²) in [5.41, 5.74) is 2.45. The van der Waals surface area contributed by atoms with E-state index in [1.165, 1.54) is 0 Å². The summed E-state index contributed by atoms with van der Waals surface area (Å²) in [6.07, 6.45) is 0. The molecule has 1 heterocycles. The van der Waals surface area contributed by atoms with Crippen LogP contribution in [0.2, 0.25) is 0 Å². The number of alkyl halides is 1. The Morgan fingerprint density at radius 2 is 1.78 bits per heavy atom. The van der Waals surface area contributed by atoms with Gasteiger partial charge in [-0.2, -0.15) is 0 Å². The molecule has 0 bridgehead atoms. The van der Waals surface area contributed by atoms with Crippen LogP contribution in [0, 0.1) is 6.92 Å². The van der Waals surface area contributed by atoms with Crippen molar-refractivity contribution in [3.63, 3.8) is 0 Å². The number of hydrogen-bond donors (Lipinski definition) is 1. The summed E-state index contributed by atoms with van der Waals surface area (Å²) in [7, 11) is 0. The number of nitrogens with one attached hydrogen (secondary N) is 1. The third-order valence-electron chi connectivity index (χ3n) is 3.50. The van der Waals surface area contributed by atoms with E-state index in [0.717, 1.165) is 5.56 Å². The predicted molar refractivity (Wildman–Crippen MR) is 90.2 cm³/mol. The van der Waals surface area contributed by atoms with Crippen LogP contribution in [0.15, 0.2) is 52.9 Å². The van der Waals surface area contributed by atoms with E-state index in [2.05, 4.69) is 5.32 Å². The normalized spacial score (nSPS) is 10.7. The summed E-state index contributed by atoms with van der Waals surface area (Å²) >= 11 is 5.56. The molecule has 0 aliphatic carbocycles. The Balaban J connectivity index is 2.11. The van der Waals surface area contributed by atoms with Gasteiger partial charge in [-0.25, -0.2) is 0 Å². The van der Waals surface area contributed by atoms with Crippen LogP contribution in [-0.2, 0) is 4.79 Å². The van der Waals surface area contributed by atoms with Crippen molar-refractivity contribution < 1.29 is 14.0 Å². The van der Waals surface area contributed by atoms with Gasteiger partial charge in [0.05, 0.1) is 5.69 Å². The first-order chi connectivity index (χ1) is 11.1. The molecule has 0 aliphatic heterocycles. The van der Waals surface area contributed by atoms with Crippen molar-refractivity contribution in [2.24, 2.45) is 0 Å². The number of furan rings is 1. The van der Waals surface area contributed by atoms with Crippen molar-refractivity contribution in [2.75, 3.05) is 11.2 Å². The Hall–Kier alpha value is -2.59. The molecule has 3 aromatic rings. The van der Waals surface area contributed by atoms with Gasteiger partial charge in [-0.15, -0.1) is 11.6 Å². The smallest absolute Gasteiger partial charge is 0.239 e. The summed E-state index contributed by atoms with van der Waals surface area (Å²) in [4.78, 5) is 24.4. The highest BCUT2D eigenvalue weighted by molar-refractivity contribution is 6.30. The lowest BCUT2D eigenvalue weighted by Crippen LogP contribution is -2.15. The molecule has 1 amide bonds. The van der Waals surface area contributed by atoms with Crippen LogP contribution >= 0.6 is 11.6 Å². The summed E-state index contributed by atoms with van der Waals surface area (Å²) < 4.78 is 5.68. The molecule has 0 unspecified atom stereocenters. The largest absolute Gasteiger partial charge is 0.450 e. The number of aryl methyl sites for hydroxylation is 1. The third kappa shape index (κ3) is 2.98. The van der Waals surface area contributed by atoms with E-state index in [1.807, 2.05) is 25.1 Å². The average Bonchev–Trinajstić information content (AvgIpc) is 2.93. The summed E-state index contributed by atoms with van der Waals surface area (Å²) in [5, 5.41) is 3.33. The molecule has 0 spiro atoms. The van der Waals surface area contributed by atoms with Crippen molar-refractivity contribution in [1.29, 1.82) is 0 Å². The zero-order valence-electron chi connectivity index (χ0n) is 12.4. The van der Waals surface area contributed by atoms with E-state index >= 15 is 0 Å². The summed E-state index contributed by atoms with van der Waals surface area (Å²) in [5.74, 6) is -0.770. The van der Waals surface area contributed by atoms with Gasteiger partial charge in [-0.1, -0.05) is 42.0 Å². The van der Waals surface area contributed by atoms with Gasteiger partial charge in [0.15, 0.2) is 5.76 Å². The number of amides is 1. The maximum atomic E-state index is 12.7. The number of ketones is 1. The molecular formula is C18H14ClNO3. The Morgan fingerprint density at radius 1 is 1.09 bits per heavy atom. The fraction of sp³-hybridized carbons (Fsp3) is 0.111. The van der Waals surface area contributed by atoms with Gasteiger partial charge in [-0.05, 0) is 19.1 Å². The third-order valence-corrected chi connectivity index (χ3v) is 3.74. The lowest BCUT2D eigenvalue weighted by atomic mass is 10.1. The second-order valence-electron chi connectivity index (χ2n) is 5.18. The highest BCUT2D eigenvalue weighted by Gasteiger charge is 2.23. The minimum atomic E-state index is -0.392. The second kappa shape index (κ2) is 6.26. The minimum absolute atomic E-state index is 0.105. The Morgan fingerprint density at radius 3 is 2.48 bits per heavy atom. The van der Waals surface area contributed by atoms with Gasteiger partial charge >= 0.3 is 0 Å². The molecular weight excluding hydrogens is 314 g/mol. The summed E-state index contributed by atoms with van der Waals surface area (Å²) in [6.45, 7) is 1.95. The first kappa shape index (κ1) is 15.3. The lowest BCUT2D eigenvalue weighted by Gasteiger charge is -2.04. The summed E-state index contributed by atoms with van der Waals surface area (Å²) in [6, 6.07) is 14.3. The van der Waals surface area contributed by atoms with E-state index < -0.39 is 5.91 Å². The molecule has 2 aromatic carbocycles. The zero-order valence-corrected chi connectivity index (χ0v) is 13.2. The predicted octanol–water partition coefficient (Wildman–Crippen LogP) is 4.15. The Bertz CT molecular complexity index is 881. The van der Waals surface area contributed by atoms with Crippen molar-refractivity contribution in [3.8, 4) is 0 Å². The number of fused-ring (bicyclic) bond motifs is 1. The molecule has 0 saturated carbocycles. The van der Waals surface area contributed by atoms with Gasteiger partial charge in [0, 0.05) is 10.9 Å². The van der Waals surface area contributed by atoms with Gasteiger partial charge in [0.2, 0.25) is 11.7 Å². The first-order valence-corrected chi connectivity index (χ1v) is 7.62. The van der Waals surface area contributed by atoms with Gasteiger partial charge in [-0.3, -0.25) is 9.59 Å². The van der Waals surface area contributed by atoms with E-state index in [1.54, 1.807) is 30.3 Å². The molecule has 0 atom stereocenters. The molecule has 23 heavy (non-hydrogen) atoms. The number of benzene rings is 2. The van der Waals surface area contributed by atoms with E-state index in [9.17, 15) is 9.59 Å². The molecule has 0 aliphatic rings. The van der Waals surface area contributed by atoms with Crippen LogP contribution < -0.4 is 5.32 Å². The van der Waals surface area contributed by atoms with Crippen LogP contribution in [0.4, 0.5) is 5.69 Å². The van der Waals surface area contributed by atoms with E-state index in [4.69, 9.17) is 16.0 Å². The average molecular weight is 328 g/mol. The fourth-order valence-electron chi connectivity index (χ4n) is 2.34. The molecule has 0 radical (unpaired) electrons. The molecule has 116 valence electrons. The van der Waals surface area contributed by atoms with Crippen LogP contribution in [0.25, 0.3) is 11.0 Å². The maximum Gasteiger partial charge on any atom is 0.239 e. The number of hydrogen-bond acceptors (Lipinski definition) is 3. The fourth-order valence-corrected chi connectivity index (χ4v) is 2.41. The molecule has 3 rings (SSSR count). The number of halogens is 1. The maximum absolute atomic E-state index is 12.7. The Kier molecular flexibility index (Phi) is 4.17. The molecule has 0 fully saturated rings. The van der Waals surface area contributed by atoms with Crippen molar-refractivity contribution in [3.05, 3.63) is 65.4 Å². The lowest BCUT2D eigenvalue weighted by molar-refractivity contribution is -0.113. The highest BCUT2D eigenvalue weighted by atomic mass is 35.5. The molecule has 1 N–H and O–H groups in total. The van der Waals surface area contributed by atoms with Crippen LogP contribution in [-0.4, -0.2) is 17.6 Å². The molecule has 5 heteroatoms. The quantitative estimate of drug-likeness (QED) is 0.578. The molecule has 0 saturated heterocycles. The number of rotatable bonds is 4. The van der Waals surface area contributed by atoms with Crippen LogP contribution in [0.5, 0.6) is 0 Å². The number of carbonyl (C=O) groups excluding carboxylic acids is 2. The van der Waals surface area contributed by atoms with E-state index in [-0.39, 0.29) is 17.4 Å². The van der Waals surface area contributed by atoms with Crippen molar-refractivity contribution >= 4 is 39.9 Å². The van der Waals surface area contributed by atoms with Crippen LogP contribution in [0.1, 0.15) is 21.7 Å². The van der Waals surface area contributed by atoms with E-state index in [0.29, 0.717) is 22.2 Å². The first-order valence-electron chi connectivity index (χ1n) is 7.09. The standard InChI is InChI=1S/C18H14ClNO3/c1-11-6-8-12(9-7-11)17(22)18-16(20-15(21)10-19)13-4-2-3-5-14(13)23-18/h2-9H,10H2,1H3,(H,20,21). The Labute approximate surface area is 138 Å². The topological polar surface area (TPSA) is 59.3 Å². The van der Waals surface area contributed by atoms with Crippen molar-refractivity contribution in [1.82, 2.24) is 0 Å². The highest BCUT2D eigenvalue weighted by Crippen LogP contribution is 2.32. The SMILES string of the molecule is Cc1ccc(C(=O)c2oc3ccccc3c2NC(=O)CCl)cc1. The van der Waals surface area contributed by atoms with Crippen LogP contribution in [0.3, 0.4) is 0 Å². The second-order valence-corrected chi connectivity index (χ2v) is 5.45. The van der Waals surface area contributed by atoms with Gasteiger partial charge < -0.3 is 9.73 Å². The van der Waals surface area contributed by atoms with Gasteiger partial charge in [0.1, 0.15) is 11.5 Å².